The smallest absolute Gasteiger partial charge is 0.257 e. The van der Waals surface area contributed by atoms with Crippen molar-refractivity contribution < 1.29 is 9.26 Å². The van der Waals surface area contributed by atoms with Gasteiger partial charge in [-0.3, -0.25) is 0 Å². The zero-order valence-corrected chi connectivity index (χ0v) is 11.5. The third-order valence-electron chi connectivity index (χ3n) is 2.65. The van der Waals surface area contributed by atoms with E-state index < -0.39 is 0 Å². The molecule has 102 valence electrons. The van der Waals surface area contributed by atoms with Crippen LogP contribution in [0.25, 0.3) is 11.5 Å². The molecule has 0 saturated carbocycles. The van der Waals surface area contributed by atoms with Gasteiger partial charge in [0, 0.05) is 5.56 Å². The maximum Gasteiger partial charge on any atom is 0.257 e. The largest absolute Gasteiger partial charge is 0.377 e. The first-order valence-electron chi connectivity index (χ1n) is 6.34. The fourth-order valence-corrected chi connectivity index (χ4v) is 1.65. The molecule has 1 heterocycles. The first-order chi connectivity index (χ1) is 9.06. The lowest BCUT2D eigenvalue weighted by atomic mass is 10.1. The van der Waals surface area contributed by atoms with Crippen molar-refractivity contribution in [3.63, 3.8) is 0 Å². The summed E-state index contributed by atoms with van der Waals surface area (Å²) in [5.41, 5.74) is 8.00. The van der Waals surface area contributed by atoms with Crippen LogP contribution in [0, 0.1) is 6.92 Å². The van der Waals surface area contributed by atoms with Crippen molar-refractivity contribution >= 4 is 0 Å². The van der Waals surface area contributed by atoms with E-state index in [9.17, 15) is 0 Å². The average molecular weight is 261 g/mol. The van der Waals surface area contributed by atoms with Crippen molar-refractivity contribution in [1.82, 2.24) is 10.1 Å². The molecule has 0 saturated heterocycles. The average Bonchev–Trinajstić information content (AvgIpc) is 2.85. The van der Waals surface area contributed by atoms with E-state index in [1.54, 1.807) is 0 Å². The van der Waals surface area contributed by atoms with Gasteiger partial charge < -0.3 is 15.0 Å². The van der Waals surface area contributed by atoms with Crippen LogP contribution in [0.2, 0.25) is 0 Å². The second kappa shape index (κ2) is 5.95. The van der Waals surface area contributed by atoms with Gasteiger partial charge in [0.15, 0.2) is 5.82 Å². The normalized spacial score (nSPS) is 12.9. The summed E-state index contributed by atoms with van der Waals surface area (Å²) in [5, 5.41) is 3.91. The van der Waals surface area contributed by atoms with Crippen LogP contribution < -0.4 is 5.73 Å². The summed E-state index contributed by atoms with van der Waals surface area (Å²) in [6, 6.07) is 7.53. The SMILES string of the molecule is Cc1cccc(-c2nc(C(N)COC(C)C)no2)c1. The van der Waals surface area contributed by atoms with Crippen molar-refractivity contribution in [3.8, 4) is 11.5 Å². The standard InChI is InChI=1S/C14H19N3O2/c1-9(2)18-8-12(15)13-16-14(19-17-13)11-6-4-5-10(3)7-11/h4-7,9,12H,8,15H2,1-3H3. The molecule has 2 rings (SSSR count). The lowest BCUT2D eigenvalue weighted by molar-refractivity contribution is 0.0665. The minimum atomic E-state index is -0.371. The molecule has 0 fully saturated rings. The highest BCUT2D eigenvalue weighted by molar-refractivity contribution is 5.53. The van der Waals surface area contributed by atoms with E-state index in [4.69, 9.17) is 15.0 Å². The second-order valence-electron chi connectivity index (χ2n) is 4.82. The molecule has 0 aliphatic carbocycles. The first kappa shape index (κ1) is 13.7. The van der Waals surface area contributed by atoms with Gasteiger partial charge in [0.1, 0.15) is 0 Å². The number of nitrogens with two attached hydrogens (primary N) is 1. The Balaban J connectivity index is 2.10. The molecular weight excluding hydrogens is 242 g/mol. The van der Waals surface area contributed by atoms with E-state index in [1.807, 2.05) is 45.0 Å². The van der Waals surface area contributed by atoms with Gasteiger partial charge in [-0.15, -0.1) is 0 Å². The Labute approximate surface area is 112 Å². The van der Waals surface area contributed by atoms with Crippen molar-refractivity contribution in [2.75, 3.05) is 6.61 Å². The fourth-order valence-electron chi connectivity index (χ4n) is 1.65. The molecule has 1 aromatic carbocycles. The van der Waals surface area contributed by atoms with E-state index >= 15 is 0 Å². The molecule has 0 spiro atoms. The van der Waals surface area contributed by atoms with Crippen LogP contribution in [0.4, 0.5) is 0 Å². The van der Waals surface area contributed by atoms with Crippen LogP contribution in [0.15, 0.2) is 28.8 Å². The minimum Gasteiger partial charge on any atom is -0.377 e. The number of hydrogen-bond acceptors (Lipinski definition) is 5. The van der Waals surface area contributed by atoms with Crippen LogP contribution in [-0.4, -0.2) is 22.9 Å². The summed E-state index contributed by atoms with van der Waals surface area (Å²) in [4.78, 5) is 4.32. The molecule has 5 nitrogen and oxygen atoms in total. The van der Waals surface area contributed by atoms with E-state index in [1.165, 1.54) is 0 Å². The van der Waals surface area contributed by atoms with E-state index in [0.717, 1.165) is 11.1 Å². The summed E-state index contributed by atoms with van der Waals surface area (Å²) in [5.74, 6) is 0.954. The van der Waals surface area contributed by atoms with Gasteiger partial charge in [-0.1, -0.05) is 22.9 Å². The van der Waals surface area contributed by atoms with Gasteiger partial charge in [-0.2, -0.15) is 4.98 Å². The summed E-state index contributed by atoms with van der Waals surface area (Å²) in [7, 11) is 0. The number of hydrogen-bond donors (Lipinski definition) is 1. The van der Waals surface area contributed by atoms with E-state index in [0.29, 0.717) is 18.3 Å². The first-order valence-corrected chi connectivity index (χ1v) is 6.34. The Hall–Kier alpha value is -1.72. The number of benzene rings is 1. The van der Waals surface area contributed by atoms with Crippen LogP contribution in [0.5, 0.6) is 0 Å². The Morgan fingerprint density at radius 2 is 2.16 bits per heavy atom. The molecule has 2 aromatic rings. The number of aromatic nitrogens is 2. The fraction of sp³-hybridized carbons (Fsp3) is 0.429. The third-order valence-corrected chi connectivity index (χ3v) is 2.65. The van der Waals surface area contributed by atoms with Crippen molar-refractivity contribution in [2.45, 2.75) is 32.9 Å². The molecule has 0 amide bonds. The zero-order chi connectivity index (χ0) is 13.8. The summed E-state index contributed by atoms with van der Waals surface area (Å²) < 4.78 is 10.7. The highest BCUT2D eigenvalue weighted by Gasteiger charge is 2.16. The van der Waals surface area contributed by atoms with Crippen LogP contribution in [0.3, 0.4) is 0 Å². The topological polar surface area (TPSA) is 74.2 Å². The predicted molar refractivity (Wildman–Crippen MR) is 72.5 cm³/mol. The molecule has 0 aliphatic heterocycles. The summed E-state index contributed by atoms with van der Waals surface area (Å²) in [6.45, 7) is 6.32. The molecule has 1 aromatic heterocycles. The molecule has 0 radical (unpaired) electrons. The molecule has 0 aliphatic rings. The number of nitrogens with zero attached hydrogens (tertiary/aromatic N) is 2. The molecular formula is C14H19N3O2. The van der Waals surface area contributed by atoms with Gasteiger partial charge in [-0.25, -0.2) is 0 Å². The van der Waals surface area contributed by atoms with E-state index in [2.05, 4.69) is 10.1 Å². The van der Waals surface area contributed by atoms with Crippen LogP contribution in [0.1, 0.15) is 31.3 Å². The Morgan fingerprint density at radius 1 is 1.37 bits per heavy atom. The second-order valence-corrected chi connectivity index (χ2v) is 4.82. The van der Waals surface area contributed by atoms with Gasteiger partial charge in [0.2, 0.25) is 0 Å². The van der Waals surface area contributed by atoms with Crippen LogP contribution in [-0.2, 0) is 4.74 Å². The summed E-state index contributed by atoms with van der Waals surface area (Å²) >= 11 is 0. The highest BCUT2D eigenvalue weighted by atomic mass is 16.5. The molecule has 19 heavy (non-hydrogen) atoms. The Kier molecular flexibility index (Phi) is 4.29. The van der Waals surface area contributed by atoms with Gasteiger partial charge in [0.05, 0.1) is 18.8 Å². The number of rotatable bonds is 5. The lowest BCUT2D eigenvalue weighted by Crippen LogP contribution is -2.20. The molecule has 2 N–H and O–H groups in total. The van der Waals surface area contributed by atoms with Crippen molar-refractivity contribution in [3.05, 3.63) is 35.7 Å². The highest BCUT2D eigenvalue weighted by Crippen LogP contribution is 2.19. The maximum absolute atomic E-state index is 5.95. The lowest BCUT2D eigenvalue weighted by Gasteiger charge is -2.10. The van der Waals surface area contributed by atoms with Gasteiger partial charge in [0.25, 0.3) is 5.89 Å². The van der Waals surface area contributed by atoms with Gasteiger partial charge >= 0.3 is 0 Å². The minimum absolute atomic E-state index is 0.134. The maximum atomic E-state index is 5.95. The third kappa shape index (κ3) is 3.62. The van der Waals surface area contributed by atoms with E-state index in [-0.39, 0.29) is 12.1 Å². The van der Waals surface area contributed by atoms with Crippen LogP contribution >= 0.6 is 0 Å². The predicted octanol–water partition coefficient (Wildman–Crippen LogP) is 2.47. The quantitative estimate of drug-likeness (QED) is 0.895. The van der Waals surface area contributed by atoms with Gasteiger partial charge in [-0.05, 0) is 32.9 Å². The molecule has 0 bridgehead atoms. The number of aryl methyl sites for hydroxylation is 1. The molecule has 1 atom stereocenters. The Bertz CT molecular complexity index is 537. The van der Waals surface area contributed by atoms with Crippen molar-refractivity contribution in [1.29, 1.82) is 0 Å². The monoisotopic (exact) mass is 261 g/mol. The molecule has 1 unspecified atom stereocenters. The molecule has 5 heteroatoms. The Morgan fingerprint density at radius 3 is 2.84 bits per heavy atom. The van der Waals surface area contributed by atoms with Crippen molar-refractivity contribution in [2.24, 2.45) is 5.73 Å². The summed E-state index contributed by atoms with van der Waals surface area (Å²) in [6.07, 6.45) is 0.134. The zero-order valence-electron chi connectivity index (χ0n) is 11.5. The number of ether oxygens (including phenoxy) is 1.